The quantitative estimate of drug-likeness (QED) is 0.922. The van der Waals surface area contributed by atoms with Crippen LogP contribution in [-0.4, -0.2) is 38.3 Å². The van der Waals surface area contributed by atoms with E-state index in [1.54, 1.807) is 18.6 Å². The lowest BCUT2D eigenvalue weighted by molar-refractivity contribution is -0.00592. The van der Waals surface area contributed by atoms with Crippen LogP contribution >= 0.6 is 0 Å². The predicted octanol–water partition coefficient (Wildman–Crippen LogP) is 2.06. The molecule has 1 aliphatic heterocycles. The van der Waals surface area contributed by atoms with E-state index in [-0.39, 0.29) is 6.04 Å². The maximum absolute atomic E-state index is 10.2. The van der Waals surface area contributed by atoms with E-state index >= 15 is 0 Å². The fourth-order valence-electron chi connectivity index (χ4n) is 2.82. The molecule has 0 bridgehead atoms. The molecule has 0 spiro atoms. The molecule has 1 unspecified atom stereocenters. The van der Waals surface area contributed by atoms with Crippen molar-refractivity contribution in [1.29, 1.82) is 0 Å². The van der Waals surface area contributed by atoms with Crippen LogP contribution in [0.4, 0.5) is 0 Å². The first-order chi connectivity index (χ1) is 9.54. The SMILES string of the molecule is CC(C)(O)C1CCCN1Cc1noc(-c2ccoc2)n1. The van der Waals surface area contributed by atoms with Gasteiger partial charge in [-0.1, -0.05) is 5.16 Å². The van der Waals surface area contributed by atoms with Crippen molar-refractivity contribution in [2.24, 2.45) is 0 Å². The van der Waals surface area contributed by atoms with Gasteiger partial charge < -0.3 is 14.0 Å². The van der Waals surface area contributed by atoms with Crippen molar-refractivity contribution < 1.29 is 14.0 Å². The summed E-state index contributed by atoms with van der Waals surface area (Å²) in [7, 11) is 0. The molecule has 0 amide bonds. The Kier molecular flexibility index (Phi) is 3.35. The topological polar surface area (TPSA) is 75.5 Å². The van der Waals surface area contributed by atoms with E-state index in [4.69, 9.17) is 8.94 Å². The summed E-state index contributed by atoms with van der Waals surface area (Å²) in [6, 6.07) is 1.92. The third-order valence-corrected chi connectivity index (χ3v) is 3.76. The number of hydrogen-bond acceptors (Lipinski definition) is 6. The molecule has 0 radical (unpaired) electrons. The number of nitrogens with zero attached hydrogens (tertiary/aromatic N) is 3. The maximum atomic E-state index is 10.2. The molecular weight excluding hydrogens is 258 g/mol. The molecule has 1 saturated heterocycles. The number of aromatic nitrogens is 2. The molecule has 108 valence electrons. The Morgan fingerprint density at radius 3 is 3.05 bits per heavy atom. The van der Waals surface area contributed by atoms with Gasteiger partial charge >= 0.3 is 0 Å². The third-order valence-electron chi connectivity index (χ3n) is 3.76. The fourth-order valence-corrected chi connectivity index (χ4v) is 2.82. The molecule has 1 N–H and O–H groups in total. The molecule has 1 fully saturated rings. The highest BCUT2D eigenvalue weighted by molar-refractivity contribution is 5.49. The summed E-state index contributed by atoms with van der Waals surface area (Å²) >= 11 is 0. The van der Waals surface area contributed by atoms with Gasteiger partial charge in [-0.3, -0.25) is 4.90 Å². The predicted molar refractivity (Wildman–Crippen MR) is 71.7 cm³/mol. The summed E-state index contributed by atoms with van der Waals surface area (Å²) in [5.74, 6) is 1.10. The monoisotopic (exact) mass is 277 g/mol. The van der Waals surface area contributed by atoms with E-state index in [2.05, 4.69) is 15.0 Å². The van der Waals surface area contributed by atoms with Crippen LogP contribution in [-0.2, 0) is 6.54 Å². The van der Waals surface area contributed by atoms with Crippen LogP contribution in [0.2, 0.25) is 0 Å². The van der Waals surface area contributed by atoms with Crippen LogP contribution in [0.25, 0.3) is 11.5 Å². The van der Waals surface area contributed by atoms with E-state index < -0.39 is 5.60 Å². The zero-order chi connectivity index (χ0) is 14.2. The van der Waals surface area contributed by atoms with Crippen molar-refractivity contribution in [3.8, 4) is 11.5 Å². The van der Waals surface area contributed by atoms with E-state index in [1.165, 1.54) is 0 Å². The van der Waals surface area contributed by atoms with Gasteiger partial charge in [0, 0.05) is 6.04 Å². The van der Waals surface area contributed by atoms with E-state index in [1.807, 2.05) is 13.8 Å². The van der Waals surface area contributed by atoms with Crippen LogP contribution in [0.15, 0.2) is 27.5 Å². The molecule has 3 rings (SSSR count). The fraction of sp³-hybridized carbons (Fsp3) is 0.571. The Balaban J connectivity index is 1.72. The highest BCUT2D eigenvalue weighted by Gasteiger charge is 2.36. The molecule has 0 aromatic carbocycles. The summed E-state index contributed by atoms with van der Waals surface area (Å²) in [4.78, 5) is 6.58. The smallest absolute Gasteiger partial charge is 0.261 e. The molecular formula is C14H19N3O3. The highest BCUT2D eigenvalue weighted by atomic mass is 16.5. The summed E-state index contributed by atoms with van der Waals surface area (Å²) < 4.78 is 10.2. The Hall–Kier alpha value is -1.66. The standard InChI is InChI=1S/C14H19N3O3/c1-14(2,18)11-4-3-6-17(11)8-12-15-13(20-16-12)10-5-7-19-9-10/h5,7,9,11,18H,3-4,6,8H2,1-2H3. The molecule has 0 saturated carbocycles. The summed E-state index contributed by atoms with van der Waals surface area (Å²) in [5.41, 5.74) is 0.0670. The summed E-state index contributed by atoms with van der Waals surface area (Å²) in [6.45, 7) is 5.24. The molecule has 6 heteroatoms. The molecule has 20 heavy (non-hydrogen) atoms. The zero-order valence-corrected chi connectivity index (χ0v) is 11.7. The van der Waals surface area contributed by atoms with Gasteiger partial charge in [-0.15, -0.1) is 0 Å². The number of aliphatic hydroxyl groups is 1. The second-order valence-corrected chi connectivity index (χ2v) is 5.81. The van der Waals surface area contributed by atoms with Crippen molar-refractivity contribution in [3.63, 3.8) is 0 Å². The first-order valence-corrected chi connectivity index (χ1v) is 6.85. The van der Waals surface area contributed by atoms with Gasteiger partial charge in [0.2, 0.25) is 0 Å². The molecule has 2 aromatic heterocycles. The van der Waals surface area contributed by atoms with Gasteiger partial charge in [-0.25, -0.2) is 0 Å². The second kappa shape index (κ2) is 5.03. The highest BCUT2D eigenvalue weighted by Crippen LogP contribution is 2.28. The number of furan rings is 1. The number of hydrogen-bond donors (Lipinski definition) is 1. The first-order valence-electron chi connectivity index (χ1n) is 6.85. The lowest BCUT2D eigenvalue weighted by Gasteiger charge is -2.33. The third kappa shape index (κ3) is 2.62. The zero-order valence-electron chi connectivity index (χ0n) is 11.7. The Morgan fingerprint density at radius 2 is 2.35 bits per heavy atom. The Bertz CT molecular complexity index is 556. The van der Waals surface area contributed by atoms with Crippen LogP contribution in [0.1, 0.15) is 32.5 Å². The number of likely N-dealkylation sites (tertiary alicyclic amines) is 1. The van der Waals surface area contributed by atoms with E-state index in [0.29, 0.717) is 18.3 Å². The normalized spacial score (nSPS) is 20.6. The molecule has 3 heterocycles. The molecule has 0 aliphatic carbocycles. The van der Waals surface area contributed by atoms with Crippen molar-refractivity contribution >= 4 is 0 Å². The van der Waals surface area contributed by atoms with Gasteiger partial charge in [0.15, 0.2) is 5.82 Å². The van der Waals surface area contributed by atoms with Crippen molar-refractivity contribution in [3.05, 3.63) is 24.4 Å². The van der Waals surface area contributed by atoms with Crippen molar-refractivity contribution in [1.82, 2.24) is 15.0 Å². The van der Waals surface area contributed by atoms with Crippen LogP contribution < -0.4 is 0 Å². The molecule has 6 nitrogen and oxygen atoms in total. The second-order valence-electron chi connectivity index (χ2n) is 5.81. The van der Waals surface area contributed by atoms with Gasteiger partial charge in [0.25, 0.3) is 5.89 Å². The molecule has 1 aliphatic rings. The van der Waals surface area contributed by atoms with Crippen molar-refractivity contribution in [2.75, 3.05) is 6.54 Å². The van der Waals surface area contributed by atoms with Crippen LogP contribution in [0, 0.1) is 0 Å². The molecule has 2 aromatic rings. The summed E-state index contributed by atoms with van der Waals surface area (Å²) in [5, 5.41) is 14.2. The Labute approximate surface area is 117 Å². The van der Waals surface area contributed by atoms with E-state index in [0.717, 1.165) is 24.9 Å². The number of rotatable bonds is 4. The minimum absolute atomic E-state index is 0.137. The molecule has 1 atom stereocenters. The minimum atomic E-state index is -0.715. The lowest BCUT2D eigenvalue weighted by Crippen LogP contribution is -2.45. The Morgan fingerprint density at radius 1 is 1.50 bits per heavy atom. The van der Waals surface area contributed by atoms with E-state index in [9.17, 15) is 5.11 Å². The van der Waals surface area contributed by atoms with Gasteiger partial charge in [-0.2, -0.15) is 4.98 Å². The minimum Gasteiger partial charge on any atom is -0.472 e. The largest absolute Gasteiger partial charge is 0.472 e. The average molecular weight is 277 g/mol. The van der Waals surface area contributed by atoms with Crippen molar-refractivity contribution in [2.45, 2.75) is 44.9 Å². The van der Waals surface area contributed by atoms with Crippen LogP contribution in [0.5, 0.6) is 0 Å². The van der Waals surface area contributed by atoms with Gasteiger partial charge in [0.05, 0.1) is 24.0 Å². The van der Waals surface area contributed by atoms with Gasteiger partial charge in [0.1, 0.15) is 6.26 Å². The average Bonchev–Trinajstić information content (AvgIpc) is 3.08. The first kappa shape index (κ1) is 13.3. The lowest BCUT2D eigenvalue weighted by atomic mass is 9.97. The van der Waals surface area contributed by atoms with Crippen LogP contribution in [0.3, 0.4) is 0 Å². The maximum Gasteiger partial charge on any atom is 0.261 e. The summed E-state index contributed by atoms with van der Waals surface area (Å²) in [6.07, 6.45) is 5.23. The van der Waals surface area contributed by atoms with Gasteiger partial charge in [-0.05, 0) is 39.3 Å².